The number of nitrogens with zero attached hydrogens (tertiary/aromatic N) is 1. The first-order valence-electron chi connectivity index (χ1n) is 15.9. The highest BCUT2D eigenvalue weighted by Crippen LogP contribution is 2.38. The van der Waals surface area contributed by atoms with Crippen molar-refractivity contribution in [2.45, 2.75) is 31.1 Å². The Bertz CT molecular complexity index is 1850. The van der Waals surface area contributed by atoms with Crippen LogP contribution < -0.4 is 26.6 Å². The molecule has 11 N–H and O–H groups in total. The zero-order valence-corrected chi connectivity index (χ0v) is 41.1. The largest absolute Gasteiger partial charge is 0.394 e. The van der Waals surface area contributed by atoms with Crippen LogP contribution >= 0.6 is 136 Å². The minimum absolute atomic E-state index is 0.0273. The average molecular weight is 1440 g/mol. The van der Waals surface area contributed by atoms with Crippen molar-refractivity contribution in [3.8, 4) is 0 Å². The number of piperidine rings is 1. The number of benzene rings is 2. The van der Waals surface area contributed by atoms with Crippen molar-refractivity contribution in [2.75, 3.05) is 63.2 Å². The highest BCUT2D eigenvalue weighted by Gasteiger charge is 2.34. The monoisotopic (exact) mass is 1440 g/mol. The topological polar surface area (TPSA) is 287 Å². The third-order valence-corrected chi connectivity index (χ3v) is 14.4. The van der Waals surface area contributed by atoms with E-state index in [2.05, 4.69) is 26.6 Å². The standard InChI is InChI=1S/C31H34I6N6O12/c32-20-16(28(52)38-5-12(48)7-44)22(34)26(41-14(50)9-46)24(36)18(20)30(54)40-11-1-3-43(4-2-11)31(55)19-21(33)17(29(53)39-6-13(49)8-45)23(35)27(25(19)37)42-15(51)10-47/h11-13,44-49H,1-10H2,(H,38,52)(H,39,53)(H,40,54)(H,41,50)(H,42,51). The molecule has 2 aromatic carbocycles. The van der Waals surface area contributed by atoms with Crippen LogP contribution in [-0.4, -0.2) is 142 Å². The summed E-state index contributed by atoms with van der Waals surface area (Å²) < 4.78 is 1.68. The molecule has 0 aliphatic carbocycles. The van der Waals surface area contributed by atoms with E-state index in [1.165, 1.54) is 4.90 Å². The Kier molecular flexibility index (Phi) is 20.1. The number of aliphatic hydroxyl groups is 6. The molecule has 1 heterocycles. The second-order valence-electron chi connectivity index (χ2n) is 11.7. The zero-order valence-electron chi connectivity index (χ0n) is 28.2. The van der Waals surface area contributed by atoms with Gasteiger partial charge in [0.05, 0.1) is 73.3 Å². The molecule has 302 valence electrons. The molecular weight excluding hydrogens is 1410 g/mol. The molecule has 2 aromatic rings. The molecule has 0 spiro atoms. The van der Waals surface area contributed by atoms with E-state index in [1.807, 2.05) is 136 Å². The summed E-state index contributed by atoms with van der Waals surface area (Å²) in [6.07, 6.45) is -1.87. The van der Waals surface area contributed by atoms with Gasteiger partial charge in [0.1, 0.15) is 13.2 Å². The molecule has 1 aliphatic heterocycles. The Morgan fingerprint density at radius 2 is 0.945 bits per heavy atom. The molecule has 1 fully saturated rings. The van der Waals surface area contributed by atoms with Gasteiger partial charge in [-0.25, -0.2) is 0 Å². The molecule has 0 radical (unpaired) electrons. The fourth-order valence-electron chi connectivity index (χ4n) is 5.06. The Balaban J connectivity index is 1.92. The molecule has 6 amide bonds. The van der Waals surface area contributed by atoms with Gasteiger partial charge in [-0.15, -0.1) is 0 Å². The number of hydrogen-bond donors (Lipinski definition) is 11. The number of nitrogens with one attached hydrogen (secondary N) is 5. The van der Waals surface area contributed by atoms with Gasteiger partial charge in [-0.05, 0) is 148 Å². The Labute approximate surface area is 395 Å². The molecular formula is C31H34I6N6O12. The number of hydrogen-bond acceptors (Lipinski definition) is 12. The van der Waals surface area contributed by atoms with Crippen LogP contribution in [0.2, 0.25) is 0 Å². The van der Waals surface area contributed by atoms with Gasteiger partial charge in [-0.1, -0.05) is 0 Å². The molecule has 2 unspecified atom stereocenters. The van der Waals surface area contributed by atoms with Gasteiger partial charge in [-0.2, -0.15) is 0 Å². The van der Waals surface area contributed by atoms with Crippen LogP contribution in [0.5, 0.6) is 0 Å². The van der Waals surface area contributed by atoms with E-state index >= 15 is 0 Å². The van der Waals surface area contributed by atoms with E-state index in [4.69, 9.17) is 5.11 Å². The minimum Gasteiger partial charge on any atom is -0.394 e. The number of carbonyl (C=O) groups excluding carboxylic acids is 6. The van der Waals surface area contributed by atoms with Crippen molar-refractivity contribution in [3.05, 3.63) is 43.7 Å². The first-order chi connectivity index (χ1) is 25.9. The van der Waals surface area contributed by atoms with E-state index in [0.29, 0.717) is 20.0 Å². The number of likely N-dealkylation sites (tertiary alicyclic amines) is 1. The smallest absolute Gasteiger partial charge is 0.256 e. The Morgan fingerprint density at radius 3 is 1.33 bits per heavy atom. The van der Waals surface area contributed by atoms with Crippen LogP contribution in [0.1, 0.15) is 54.3 Å². The molecule has 55 heavy (non-hydrogen) atoms. The molecule has 0 bridgehead atoms. The molecule has 0 aromatic heterocycles. The maximum absolute atomic E-state index is 14.1. The van der Waals surface area contributed by atoms with Crippen molar-refractivity contribution in [3.63, 3.8) is 0 Å². The summed E-state index contributed by atoms with van der Waals surface area (Å²) in [4.78, 5) is 80.6. The minimum atomic E-state index is -1.23. The van der Waals surface area contributed by atoms with E-state index in [-0.39, 0.29) is 74.1 Å². The van der Waals surface area contributed by atoms with Crippen molar-refractivity contribution in [1.82, 2.24) is 20.9 Å². The van der Waals surface area contributed by atoms with Crippen LogP contribution in [0.4, 0.5) is 11.4 Å². The van der Waals surface area contributed by atoms with Crippen LogP contribution in [-0.2, 0) is 9.59 Å². The first-order valence-corrected chi connectivity index (χ1v) is 22.4. The molecule has 2 atom stereocenters. The summed E-state index contributed by atoms with van der Waals surface area (Å²) in [6.45, 7) is -3.13. The number of aliphatic hydroxyl groups excluding tert-OH is 6. The SMILES string of the molecule is O=C(CO)Nc1c(I)c(C(=O)NCC(O)CO)c(I)c(C(=O)NC2CCN(C(=O)c3c(I)c(NC(=O)CO)c(I)c(C(=O)NCC(O)CO)c3I)CC2)c1I. The lowest BCUT2D eigenvalue weighted by molar-refractivity contribution is -0.119. The molecule has 18 nitrogen and oxygen atoms in total. The molecule has 3 rings (SSSR count). The predicted octanol–water partition coefficient (Wildman–Crippen LogP) is 0.376. The first kappa shape index (κ1) is 48.8. The highest BCUT2D eigenvalue weighted by atomic mass is 127. The van der Waals surface area contributed by atoms with Crippen LogP contribution in [0.15, 0.2) is 0 Å². The van der Waals surface area contributed by atoms with E-state index in [1.54, 1.807) is 0 Å². The lowest BCUT2D eigenvalue weighted by Crippen LogP contribution is -2.47. The summed E-state index contributed by atoms with van der Waals surface area (Å²) in [5, 5.41) is 69.7. The zero-order chi connectivity index (χ0) is 41.3. The number of amides is 6. The summed E-state index contributed by atoms with van der Waals surface area (Å²) in [7, 11) is 0. The number of halogens is 6. The van der Waals surface area contributed by atoms with Crippen LogP contribution in [0, 0.1) is 21.4 Å². The van der Waals surface area contributed by atoms with Crippen LogP contribution in [0.3, 0.4) is 0 Å². The fourth-order valence-corrected chi connectivity index (χ4v) is 13.9. The van der Waals surface area contributed by atoms with E-state index in [9.17, 15) is 54.3 Å². The summed E-state index contributed by atoms with van der Waals surface area (Å²) in [5.41, 5.74) is 0.502. The Morgan fingerprint density at radius 1 is 0.582 bits per heavy atom. The molecule has 1 saturated heterocycles. The summed E-state index contributed by atoms with van der Waals surface area (Å²) in [5.74, 6) is -3.95. The fraction of sp³-hybridized carbons (Fsp3) is 0.419. The van der Waals surface area contributed by atoms with Crippen LogP contribution in [0.25, 0.3) is 0 Å². The van der Waals surface area contributed by atoms with Crippen molar-refractivity contribution in [1.29, 1.82) is 0 Å². The van der Waals surface area contributed by atoms with Gasteiger partial charge >= 0.3 is 0 Å². The number of rotatable bonds is 15. The molecule has 1 aliphatic rings. The third-order valence-electron chi connectivity index (χ3n) is 7.88. The van der Waals surface area contributed by atoms with Gasteiger partial charge in [0.15, 0.2) is 0 Å². The van der Waals surface area contributed by atoms with Gasteiger partial charge in [-0.3, -0.25) is 28.8 Å². The van der Waals surface area contributed by atoms with Gasteiger partial charge < -0.3 is 62.1 Å². The van der Waals surface area contributed by atoms with E-state index in [0.717, 1.165) is 0 Å². The quantitative estimate of drug-likeness (QED) is 0.108. The second kappa shape index (κ2) is 22.7. The Hall–Kier alpha value is -0.600. The summed E-state index contributed by atoms with van der Waals surface area (Å²) in [6, 6.07) is -0.441. The maximum Gasteiger partial charge on any atom is 0.256 e. The highest BCUT2D eigenvalue weighted by molar-refractivity contribution is 14.1. The lowest BCUT2D eigenvalue weighted by Gasteiger charge is -2.33. The van der Waals surface area contributed by atoms with Crippen molar-refractivity contribution < 1.29 is 59.4 Å². The maximum atomic E-state index is 14.1. The predicted molar refractivity (Wildman–Crippen MR) is 248 cm³/mol. The third kappa shape index (κ3) is 12.2. The van der Waals surface area contributed by atoms with Crippen molar-refractivity contribution in [2.24, 2.45) is 0 Å². The summed E-state index contributed by atoms with van der Waals surface area (Å²) >= 11 is 11.2. The number of anilines is 2. The average Bonchev–Trinajstić information content (AvgIpc) is 3.15. The molecule has 0 saturated carbocycles. The van der Waals surface area contributed by atoms with Gasteiger partial charge in [0, 0.05) is 39.4 Å². The normalized spacial score (nSPS) is 14.1. The lowest BCUT2D eigenvalue weighted by atomic mass is 10.0. The number of carbonyl (C=O) groups is 6. The van der Waals surface area contributed by atoms with Gasteiger partial charge in [0.2, 0.25) is 11.8 Å². The molecule has 24 heteroatoms. The second-order valence-corrected chi connectivity index (χ2v) is 18.2. The van der Waals surface area contributed by atoms with E-state index < -0.39 is 80.1 Å². The van der Waals surface area contributed by atoms with Gasteiger partial charge in [0.25, 0.3) is 23.6 Å². The van der Waals surface area contributed by atoms with Crippen molar-refractivity contribution >= 4 is 182 Å².